The molecular weight excluding hydrogens is 891 g/mol. The minimum atomic E-state index is -0.599. The van der Waals surface area contributed by atoms with E-state index in [0.717, 1.165) is 31.6 Å². The average Bonchev–Trinajstić information content (AvgIpc) is 3.68. The van der Waals surface area contributed by atoms with Crippen molar-refractivity contribution in [3.63, 3.8) is 0 Å². The molecule has 354 valence electrons. The van der Waals surface area contributed by atoms with Crippen molar-refractivity contribution >= 4 is 47.5 Å². The number of terminal acetylenes is 1. The Labute approximate surface area is 431 Å². The van der Waals surface area contributed by atoms with Crippen LogP contribution in [0, 0.1) is 51.9 Å². The maximum absolute atomic E-state index is 5.63. The summed E-state index contributed by atoms with van der Waals surface area (Å²) in [5.74, 6) is 3.78. The van der Waals surface area contributed by atoms with Gasteiger partial charge in [0.25, 0.3) is 0 Å². The molecule has 71 heavy (non-hydrogen) atoms. The summed E-state index contributed by atoms with van der Waals surface area (Å²) in [6.07, 6.45) is 46.2. The van der Waals surface area contributed by atoms with Crippen molar-refractivity contribution in [2.45, 2.75) is 109 Å². The molecule has 3 heteroatoms. The number of allylic oxidation sites excluding steroid dienone is 19. The molecule has 5 atom stereocenters. The Morgan fingerprint density at radius 2 is 1.72 bits per heavy atom. The number of fused-ring (bicyclic) bond motifs is 6. The minimum Gasteiger partial charge on any atom is -0.115 e. The van der Waals surface area contributed by atoms with E-state index < -0.39 is 7.53 Å². The maximum atomic E-state index is 5.63. The van der Waals surface area contributed by atoms with Gasteiger partial charge >= 0.3 is 0 Å². The van der Waals surface area contributed by atoms with E-state index in [1.807, 2.05) is 23.9 Å². The Morgan fingerprint density at radius 3 is 2.51 bits per heavy atom. The summed E-state index contributed by atoms with van der Waals surface area (Å²) < 4.78 is 0. The molecule has 0 saturated heterocycles. The number of benzene rings is 4. The van der Waals surface area contributed by atoms with Gasteiger partial charge < -0.3 is 0 Å². The molecule has 4 aromatic carbocycles. The van der Waals surface area contributed by atoms with Gasteiger partial charge in [-0.25, -0.2) is 0 Å². The Morgan fingerprint density at radius 1 is 0.915 bits per heavy atom. The van der Waals surface area contributed by atoms with Crippen LogP contribution in [0.2, 0.25) is 0 Å². The van der Waals surface area contributed by atoms with E-state index >= 15 is 0 Å². The first kappa shape index (κ1) is 48.7. The topological polar surface area (TPSA) is 0 Å². The van der Waals surface area contributed by atoms with Gasteiger partial charge in [-0.2, -0.15) is 0 Å². The Kier molecular flexibility index (Phi) is 14.1. The second-order valence-electron chi connectivity index (χ2n) is 21.2. The molecule has 1 aliphatic heterocycles. The van der Waals surface area contributed by atoms with Crippen LogP contribution in [0.3, 0.4) is 0 Å². The second-order valence-corrected chi connectivity index (χ2v) is 24.7. The molecule has 1 aromatic heterocycles. The van der Waals surface area contributed by atoms with Crippen molar-refractivity contribution in [2.24, 2.45) is 11.8 Å². The van der Waals surface area contributed by atoms with Crippen LogP contribution < -0.4 is 5.46 Å². The molecule has 5 aromatic rings. The molecule has 5 unspecified atom stereocenters. The first-order chi connectivity index (χ1) is 34.4. The fourth-order valence-electron chi connectivity index (χ4n) is 13.0. The zero-order valence-corrected chi connectivity index (χ0v) is 44.7. The molecule has 0 nitrogen and oxygen atoms in total. The smallest absolute Gasteiger partial charge is 0.115 e. The average molecular weight is 959 g/mol. The minimum absolute atomic E-state index is 0.130. The third kappa shape index (κ3) is 9.87. The van der Waals surface area contributed by atoms with Crippen LogP contribution in [0.5, 0.6) is 0 Å². The predicted octanol–water partition coefficient (Wildman–Crippen LogP) is 17.8. The number of rotatable bonds is 12. The Bertz CT molecular complexity index is 3290. The maximum Gasteiger partial charge on any atom is 0.241 e. The summed E-state index contributed by atoms with van der Waals surface area (Å²) >= 11 is 1.97. The normalized spacial score (nSPS) is 22.1. The molecular formula is C68H68BPS. The van der Waals surface area contributed by atoms with Gasteiger partial charge in [-0.05, 0) is 177 Å². The van der Waals surface area contributed by atoms with E-state index in [4.69, 9.17) is 6.42 Å². The molecule has 5 aliphatic rings. The first-order valence-corrected chi connectivity index (χ1v) is 28.2. The SMILES string of the molecule is C#CC=CCc1c(C)c2ccccc2p1-c1ccc(C23CCC(CC=C(C(/C=C\Cc4ccc5c(c4)C4=CC(C=CC(B(C6=CC(C)C=C(C)C=C6C)c6c(C)cc(C)cc6C)=C4)S5)=C/C=C)C2)C3)cc1. The van der Waals surface area contributed by atoms with Gasteiger partial charge in [0.05, 0.1) is 0 Å². The summed E-state index contributed by atoms with van der Waals surface area (Å²) in [6, 6.07) is 30.9. The highest BCUT2D eigenvalue weighted by molar-refractivity contribution is 8.00. The molecule has 4 bridgehead atoms. The van der Waals surface area contributed by atoms with Gasteiger partial charge in [0, 0.05) is 15.3 Å². The zero-order valence-electron chi connectivity index (χ0n) is 43.0. The Balaban J connectivity index is 0.915. The van der Waals surface area contributed by atoms with Crippen LogP contribution >= 0.6 is 19.3 Å². The molecule has 4 aliphatic carbocycles. The number of hydrogen-bond acceptors (Lipinski definition) is 1. The third-order valence-corrected chi connectivity index (χ3v) is 20.0. The largest absolute Gasteiger partial charge is 0.241 e. The van der Waals surface area contributed by atoms with Crippen molar-refractivity contribution in [1.29, 1.82) is 0 Å². The van der Waals surface area contributed by atoms with Gasteiger partial charge in [0.2, 0.25) is 6.71 Å². The molecule has 10 rings (SSSR count). The van der Waals surface area contributed by atoms with Crippen molar-refractivity contribution in [1.82, 2.24) is 0 Å². The van der Waals surface area contributed by atoms with Crippen molar-refractivity contribution in [3.05, 3.63) is 248 Å². The van der Waals surface area contributed by atoms with E-state index in [9.17, 15) is 0 Å². The van der Waals surface area contributed by atoms with Gasteiger partial charge in [-0.15, -0.1) is 18.2 Å². The van der Waals surface area contributed by atoms with E-state index in [0.29, 0.717) is 11.2 Å². The molecule has 0 amide bonds. The van der Waals surface area contributed by atoms with Crippen molar-refractivity contribution in [2.75, 3.05) is 0 Å². The molecule has 0 N–H and O–H groups in total. The highest BCUT2D eigenvalue weighted by Gasteiger charge is 2.42. The molecule has 0 spiro atoms. The highest BCUT2D eigenvalue weighted by atomic mass is 32.2. The summed E-state index contributed by atoms with van der Waals surface area (Å²) in [5.41, 5.74) is 20.8. The second kappa shape index (κ2) is 20.6. The molecule has 1 fully saturated rings. The van der Waals surface area contributed by atoms with E-state index in [1.165, 1.54) is 128 Å². The van der Waals surface area contributed by atoms with Crippen LogP contribution in [-0.2, 0) is 18.3 Å². The van der Waals surface area contributed by atoms with E-state index in [-0.39, 0.29) is 12.1 Å². The van der Waals surface area contributed by atoms with E-state index in [2.05, 4.69) is 213 Å². The van der Waals surface area contributed by atoms with Crippen LogP contribution in [0.25, 0.3) is 21.4 Å². The lowest BCUT2D eigenvalue weighted by Crippen LogP contribution is -2.39. The first-order valence-electron chi connectivity index (χ1n) is 26.0. The number of thioether (sulfide) groups is 1. The van der Waals surface area contributed by atoms with Gasteiger partial charge in [0.1, 0.15) is 0 Å². The fraction of sp³-hybridized carbons (Fsp3) is 0.265. The third-order valence-electron chi connectivity index (χ3n) is 16.1. The van der Waals surface area contributed by atoms with Crippen LogP contribution in [0.1, 0.15) is 97.1 Å². The summed E-state index contributed by atoms with van der Waals surface area (Å²) in [4.78, 5) is 1.36. The fourth-order valence-corrected chi connectivity index (χ4v) is 16.9. The monoisotopic (exact) mass is 958 g/mol. The standard InChI is InChI=1S/C68H68BPS/c1-10-12-13-21-64-51(9)61-20-14-15-22-65(61)70(64)59-29-26-57(27-30-59)68-34-33-53(43-68)23-25-55(44-68)54(17-11-2)19-16-18-52-24-32-66-62(40-52)56-41-58(28-31-60(42-56)71-66)69(67-49(7)37-47(5)38-50(67)8)63-39-46(4)35-45(3)36-48(63)6/h1,11-17,19-20,22,24-32,35-42,46,53,60H,2,18,21,23,33-34,43-44H2,3-9H3/b13-12?,19-16-,54-17+. The quantitative estimate of drug-likeness (QED) is 0.0682. The lowest BCUT2D eigenvalue weighted by molar-refractivity contribution is 0.423. The molecule has 2 heterocycles. The lowest BCUT2D eigenvalue weighted by Gasteiger charge is -2.31. The van der Waals surface area contributed by atoms with Crippen LogP contribution in [0.4, 0.5) is 0 Å². The number of aryl methyl sites for hydroxylation is 4. The zero-order chi connectivity index (χ0) is 49.4. The Hall–Kier alpha value is -5.97. The molecule has 1 saturated carbocycles. The highest BCUT2D eigenvalue weighted by Crippen LogP contribution is 2.56. The van der Waals surface area contributed by atoms with Crippen molar-refractivity contribution in [3.8, 4) is 17.6 Å². The summed E-state index contributed by atoms with van der Waals surface area (Å²) in [6.45, 7) is 20.4. The molecule has 0 radical (unpaired) electrons. The predicted molar refractivity (Wildman–Crippen MR) is 314 cm³/mol. The summed E-state index contributed by atoms with van der Waals surface area (Å²) in [7, 11) is -0.599. The van der Waals surface area contributed by atoms with Crippen molar-refractivity contribution < 1.29 is 0 Å². The summed E-state index contributed by atoms with van der Waals surface area (Å²) in [5, 5.41) is 6.12. The van der Waals surface area contributed by atoms with Gasteiger partial charge in [0.15, 0.2) is 0 Å². The van der Waals surface area contributed by atoms with E-state index in [1.54, 1.807) is 0 Å². The van der Waals surface area contributed by atoms with Gasteiger partial charge in [-0.3, -0.25) is 0 Å². The van der Waals surface area contributed by atoms with Gasteiger partial charge in [-0.1, -0.05) is 217 Å². The number of hydrogen-bond donors (Lipinski definition) is 0. The van der Waals surface area contributed by atoms with Crippen LogP contribution in [-0.4, -0.2) is 12.0 Å². The lowest BCUT2D eigenvalue weighted by atomic mass is 9.33. The van der Waals surface area contributed by atoms with Crippen LogP contribution in [0.15, 0.2) is 209 Å².